The van der Waals surface area contributed by atoms with Gasteiger partial charge in [0, 0.05) is 23.7 Å². The molecule has 0 spiro atoms. The minimum atomic E-state index is 0.394. The van der Waals surface area contributed by atoms with E-state index in [1.807, 2.05) is 24.3 Å². The lowest BCUT2D eigenvalue weighted by Crippen LogP contribution is -2.38. The highest BCUT2D eigenvalue weighted by molar-refractivity contribution is 7.21. The second kappa shape index (κ2) is 7.14. The van der Waals surface area contributed by atoms with Crippen LogP contribution in [0.1, 0.15) is 38.2 Å². The molecule has 0 bridgehead atoms. The van der Waals surface area contributed by atoms with Gasteiger partial charge in [-0.05, 0) is 56.1 Å². The van der Waals surface area contributed by atoms with Crippen LogP contribution in [0, 0.1) is 0 Å². The lowest BCUT2D eigenvalue weighted by molar-refractivity contribution is 0.135. The van der Waals surface area contributed by atoms with Crippen LogP contribution in [-0.4, -0.2) is 27.6 Å². The minimum Gasteiger partial charge on any atom is -0.508 e. The summed E-state index contributed by atoms with van der Waals surface area (Å²) in [6, 6.07) is 14.8. The summed E-state index contributed by atoms with van der Waals surface area (Å²) in [5.74, 6) is 0.394. The highest BCUT2D eigenvalue weighted by atomic mass is 32.1. The number of phenols is 1. The number of likely N-dealkylation sites (tertiary alicyclic amines) is 1. The van der Waals surface area contributed by atoms with E-state index >= 15 is 0 Å². The Morgan fingerprint density at radius 3 is 2.92 bits per heavy atom. The fraction of sp³-hybridized carbons (Fsp3) is 0.381. The van der Waals surface area contributed by atoms with Gasteiger partial charge in [0.05, 0.1) is 10.2 Å². The highest BCUT2D eigenvalue weighted by Gasteiger charge is 2.22. The molecule has 2 heterocycles. The molecule has 3 nitrogen and oxygen atoms in total. The molecule has 0 unspecified atom stereocenters. The number of aromatic nitrogens is 1. The van der Waals surface area contributed by atoms with Gasteiger partial charge < -0.3 is 5.11 Å². The predicted molar refractivity (Wildman–Crippen MR) is 105 cm³/mol. The first-order valence-corrected chi connectivity index (χ1v) is 9.98. The van der Waals surface area contributed by atoms with E-state index in [-0.39, 0.29) is 0 Å². The first-order chi connectivity index (χ1) is 12.2. The van der Waals surface area contributed by atoms with Crippen LogP contribution >= 0.6 is 11.3 Å². The van der Waals surface area contributed by atoms with Gasteiger partial charge >= 0.3 is 0 Å². The van der Waals surface area contributed by atoms with Crippen LogP contribution in [0.5, 0.6) is 5.75 Å². The van der Waals surface area contributed by atoms with Crippen LogP contribution < -0.4 is 0 Å². The van der Waals surface area contributed by atoms with Gasteiger partial charge in [-0.25, -0.2) is 4.98 Å². The summed E-state index contributed by atoms with van der Waals surface area (Å²) in [5.41, 5.74) is 3.15. The summed E-state index contributed by atoms with van der Waals surface area (Å²) >= 11 is 1.71. The van der Waals surface area contributed by atoms with Gasteiger partial charge in [-0.2, -0.15) is 0 Å². The fourth-order valence-electron chi connectivity index (χ4n) is 3.79. The predicted octanol–water partition coefficient (Wildman–Crippen LogP) is 5.43. The van der Waals surface area contributed by atoms with Crippen molar-refractivity contribution in [3.8, 4) is 16.3 Å². The van der Waals surface area contributed by atoms with E-state index in [1.54, 1.807) is 11.3 Å². The third-order valence-corrected chi connectivity index (χ3v) is 6.30. The number of rotatable bonds is 4. The number of thiazole rings is 1. The molecule has 0 aliphatic carbocycles. The molecule has 1 fully saturated rings. The summed E-state index contributed by atoms with van der Waals surface area (Å²) in [6.45, 7) is 4.22. The molecule has 2 aromatic carbocycles. The number of nitrogens with zero attached hydrogens (tertiary/aromatic N) is 2. The molecule has 0 saturated carbocycles. The Kier molecular flexibility index (Phi) is 4.73. The second-order valence-corrected chi connectivity index (χ2v) is 7.89. The van der Waals surface area contributed by atoms with Crippen molar-refractivity contribution in [2.24, 2.45) is 0 Å². The maximum atomic E-state index is 10.4. The molecule has 1 saturated heterocycles. The minimum absolute atomic E-state index is 0.394. The van der Waals surface area contributed by atoms with E-state index in [1.165, 1.54) is 30.4 Å². The molecule has 1 aliphatic rings. The molecule has 0 radical (unpaired) electrons. The molecule has 3 aromatic rings. The number of hydrogen-bond acceptors (Lipinski definition) is 4. The van der Waals surface area contributed by atoms with E-state index < -0.39 is 0 Å². The Morgan fingerprint density at radius 2 is 2.08 bits per heavy atom. The van der Waals surface area contributed by atoms with Crippen molar-refractivity contribution in [1.29, 1.82) is 0 Å². The second-order valence-electron chi connectivity index (χ2n) is 6.86. The third-order valence-electron chi connectivity index (χ3n) is 5.21. The fourth-order valence-corrected chi connectivity index (χ4v) is 4.75. The van der Waals surface area contributed by atoms with Gasteiger partial charge in [0.1, 0.15) is 10.8 Å². The molecule has 1 N–H and O–H groups in total. The maximum absolute atomic E-state index is 10.4. The van der Waals surface area contributed by atoms with Crippen molar-refractivity contribution in [2.45, 2.75) is 45.2 Å². The van der Waals surface area contributed by atoms with Crippen molar-refractivity contribution in [2.75, 3.05) is 6.54 Å². The first kappa shape index (κ1) is 16.6. The van der Waals surface area contributed by atoms with Crippen molar-refractivity contribution < 1.29 is 5.11 Å². The summed E-state index contributed by atoms with van der Waals surface area (Å²) in [5, 5.41) is 11.4. The zero-order valence-electron chi connectivity index (χ0n) is 14.6. The zero-order valence-corrected chi connectivity index (χ0v) is 15.4. The molecular weight excluding hydrogens is 328 g/mol. The van der Waals surface area contributed by atoms with E-state index in [2.05, 4.69) is 30.0 Å². The van der Waals surface area contributed by atoms with Crippen molar-refractivity contribution in [3.05, 3.63) is 48.0 Å². The van der Waals surface area contributed by atoms with Crippen LogP contribution in [0.4, 0.5) is 0 Å². The number of fused-ring (bicyclic) bond motifs is 1. The Balaban J connectivity index is 1.64. The lowest BCUT2D eigenvalue weighted by Gasteiger charge is -2.35. The monoisotopic (exact) mass is 352 g/mol. The summed E-state index contributed by atoms with van der Waals surface area (Å²) in [4.78, 5) is 7.28. The quantitative estimate of drug-likeness (QED) is 0.680. The van der Waals surface area contributed by atoms with Gasteiger partial charge in [0.2, 0.25) is 0 Å². The summed E-state index contributed by atoms with van der Waals surface area (Å²) in [7, 11) is 0. The number of phenolic OH excluding ortho intramolecular Hbond substituents is 1. The summed E-state index contributed by atoms with van der Waals surface area (Å²) in [6.07, 6.45) is 5.04. The molecule has 0 amide bonds. The lowest BCUT2D eigenvalue weighted by atomic mass is 9.98. The molecule has 25 heavy (non-hydrogen) atoms. The first-order valence-electron chi connectivity index (χ1n) is 9.16. The average molecular weight is 353 g/mol. The van der Waals surface area contributed by atoms with E-state index in [4.69, 9.17) is 4.98 Å². The van der Waals surface area contributed by atoms with Gasteiger partial charge in [0.25, 0.3) is 0 Å². The van der Waals surface area contributed by atoms with E-state index in [0.29, 0.717) is 11.8 Å². The molecule has 4 heteroatoms. The smallest absolute Gasteiger partial charge is 0.124 e. The zero-order chi connectivity index (χ0) is 17.2. The standard InChI is InChI=1S/C21H24N2OS/c1-2-17-7-5-6-12-23(17)14-16-13-15(10-11-19(16)24)21-22-18-8-3-4-9-20(18)25-21/h3-4,8-11,13,17,24H,2,5-7,12,14H2,1H3/t17-/m0/s1. The molecule has 130 valence electrons. The third kappa shape index (κ3) is 3.42. The van der Waals surface area contributed by atoms with Crippen molar-refractivity contribution in [1.82, 2.24) is 9.88 Å². The van der Waals surface area contributed by atoms with Crippen LogP contribution in [0.25, 0.3) is 20.8 Å². The number of aromatic hydroxyl groups is 1. The number of benzene rings is 2. The van der Waals surface area contributed by atoms with Crippen LogP contribution in [0.15, 0.2) is 42.5 Å². The van der Waals surface area contributed by atoms with Crippen LogP contribution in [-0.2, 0) is 6.54 Å². The van der Waals surface area contributed by atoms with Crippen LogP contribution in [0.2, 0.25) is 0 Å². The summed E-state index contributed by atoms with van der Waals surface area (Å²) < 4.78 is 1.20. The highest BCUT2D eigenvalue weighted by Crippen LogP contribution is 2.33. The molecule has 1 atom stereocenters. The number of piperidine rings is 1. The average Bonchev–Trinajstić information content (AvgIpc) is 3.08. The van der Waals surface area contributed by atoms with Crippen LogP contribution in [0.3, 0.4) is 0 Å². The van der Waals surface area contributed by atoms with Crippen molar-refractivity contribution in [3.63, 3.8) is 0 Å². The largest absolute Gasteiger partial charge is 0.508 e. The Morgan fingerprint density at radius 1 is 1.20 bits per heavy atom. The Hall–Kier alpha value is -1.91. The Bertz CT molecular complexity index is 840. The molecule has 1 aliphatic heterocycles. The molecule has 4 rings (SSSR count). The van der Waals surface area contributed by atoms with E-state index in [0.717, 1.165) is 34.7 Å². The molecule has 1 aromatic heterocycles. The van der Waals surface area contributed by atoms with E-state index in [9.17, 15) is 5.11 Å². The van der Waals surface area contributed by atoms with Gasteiger partial charge in [0.15, 0.2) is 0 Å². The van der Waals surface area contributed by atoms with Gasteiger partial charge in [-0.3, -0.25) is 4.90 Å². The maximum Gasteiger partial charge on any atom is 0.124 e. The van der Waals surface area contributed by atoms with Gasteiger partial charge in [-0.15, -0.1) is 11.3 Å². The SMILES string of the molecule is CC[C@H]1CCCCN1Cc1cc(-c2nc3ccccc3s2)ccc1O. The normalized spacial score (nSPS) is 18.7. The molecular formula is C21H24N2OS. The van der Waals surface area contributed by atoms with Gasteiger partial charge in [-0.1, -0.05) is 25.5 Å². The number of hydrogen-bond donors (Lipinski definition) is 1. The van der Waals surface area contributed by atoms with Crippen molar-refractivity contribution >= 4 is 21.6 Å². The number of para-hydroxylation sites is 1. The Labute approximate surface area is 152 Å². The topological polar surface area (TPSA) is 36.4 Å².